The van der Waals surface area contributed by atoms with Gasteiger partial charge in [-0.2, -0.15) is 0 Å². The fraction of sp³-hybridized carbons (Fsp3) is 0.125. The van der Waals surface area contributed by atoms with E-state index in [1.807, 2.05) is 37.3 Å². The Hall–Kier alpha value is -3.93. The van der Waals surface area contributed by atoms with Gasteiger partial charge in [-0.05, 0) is 36.8 Å². The van der Waals surface area contributed by atoms with Crippen LogP contribution in [0.25, 0.3) is 0 Å². The number of carbonyl (C=O) groups is 3. The van der Waals surface area contributed by atoms with Crippen LogP contribution in [0.1, 0.15) is 39.2 Å². The van der Waals surface area contributed by atoms with Gasteiger partial charge >= 0.3 is 5.97 Å². The van der Waals surface area contributed by atoms with Crippen LogP contribution in [-0.2, 0) is 9.53 Å². The van der Waals surface area contributed by atoms with Gasteiger partial charge in [-0.25, -0.2) is 4.79 Å². The van der Waals surface area contributed by atoms with E-state index in [0.717, 1.165) is 5.56 Å². The third-order valence-electron chi connectivity index (χ3n) is 4.44. The van der Waals surface area contributed by atoms with Gasteiger partial charge in [0.15, 0.2) is 6.61 Å². The molecule has 0 unspecified atom stereocenters. The molecule has 152 valence electrons. The Kier molecular flexibility index (Phi) is 6.95. The van der Waals surface area contributed by atoms with Crippen molar-refractivity contribution in [1.29, 1.82) is 0 Å². The van der Waals surface area contributed by atoms with E-state index in [2.05, 4.69) is 10.6 Å². The number of hydrogen-bond acceptors (Lipinski definition) is 4. The number of ether oxygens (including phenoxy) is 1. The largest absolute Gasteiger partial charge is 0.452 e. The van der Waals surface area contributed by atoms with Crippen molar-refractivity contribution < 1.29 is 19.1 Å². The number of rotatable bonds is 7. The van der Waals surface area contributed by atoms with Crippen molar-refractivity contribution in [2.45, 2.75) is 13.0 Å². The molecule has 0 heterocycles. The van der Waals surface area contributed by atoms with Gasteiger partial charge in [-0.3, -0.25) is 9.59 Å². The summed E-state index contributed by atoms with van der Waals surface area (Å²) in [7, 11) is 0. The molecule has 0 saturated heterocycles. The fourth-order valence-electron chi connectivity index (χ4n) is 2.86. The minimum Gasteiger partial charge on any atom is -0.452 e. The first kappa shape index (κ1) is 20.8. The lowest BCUT2D eigenvalue weighted by molar-refractivity contribution is -0.119. The van der Waals surface area contributed by atoms with Gasteiger partial charge in [0, 0.05) is 0 Å². The standard InChI is InChI=1S/C24H22N2O4/c1-17(18-10-4-2-5-11-18)25-23(28)20-14-8-9-15-21(20)26-22(27)16-30-24(29)19-12-6-3-7-13-19/h2-15,17H,16H2,1H3,(H,25,28)(H,26,27)/t17-/m1/s1. The van der Waals surface area contributed by atoms with Gasteiger partial charge in [0.05, 0.1) is 22.9 Å². The highest BCUT2D eigenvalue weighted by Crippen LogP contribution is 2.18. The van der Waals surface area contributed by atoms with Crippen molar-refractivity contribution in [3.63, 3.8) is 0 Å². The zero-order valence-electron chi connectivity index (χ0n) is 16.5. The smallest absolute Gasteiger partial charge is 0.338 e. The summed E-state index contributed by atoms with van der Waals surface area (Å²) < 4.78 is 5.03. The number of para-hydroxylation sites is 1. The van der Waals surface area contributed by atoms with Gasteiger partial charge in [0.2, 0.25) is 0 Å². The highest BCUT2D eigenvalue weighted by molar-refractivity contribution is 6.04. The molecule has 0 aromatic heterocycles. The second-order valence-electron chi connectivity index (χ2n) is 6.64. The summed E-state index contributed by atoms with van der Waals surface area (Å²) in [6, 6.07) is 24.5. The average molecular weight is 402 g/mol. The number of amides is 2. The third-order valence-corrected chi connectivity index (χ3v) is 4.44. The van der Waals surface area contributed by atoms with Crippen LogP contribution in [0.4, 0.5) is 5.69 Å². The summed E-state index contributed by atoms with van der Waals surface area (Å²) in [4.78, 5) is 36.9. The molecular formula is C24H22N2O4. The van der Waals surface area contributed by atoms with Gasteiger partial charge in [0.1, 0.15) is 0 Å². The van der Waals surface area contributed by atoms with E-state index in [1.165, 1.54) is 0 Å². The summed E-state index contributed by atoms with van der Waals surface area (Å²) in [5.41, 5.74) is 2.00. The molecule has 3 rings (SSSR count). The van der Waals surface area contributed by atoms with Gasteiger partial charge in [0.25, 0.3) is 11.8 Å². The van der Waals surface area contributed by atoms with Crippen molar-refractivity contribution in [3.05, 3.63) is 102 Å². The van der Waals surface area contributed by atoms with Crippen LogP contribution in [0.2, 0.25) is 0 Å². The summed E-state index contributed by atoms with van der Waals surface area (Å²) in [6.45, 7) is 1.43. The molecule has 30 heavy (non-hydrogen) atoms. The quantitative estimate of drug-likeness (QED) is 0.586. The molecule has 0 aliphatic rings. The Morgan fingerprint density at radius 3 is 2.13 bits per heavy atom. The Morgan fingerprint density at radius 2 is 1.43 bits per heavy atom. The molecule has 1 atom stereocenters. The maximum Gasteiger partial charge on any atom is 0.338 e. The second kappa shape index (κ2) is 10.0. The highest BCUT2D eigenvalue weighted by atomic mass is 16.5. The summed E-state index contributed by atoms with van der Waals surface area (Å²) >= 11 is 0. The minimum absolute atomic E-state index is 0.200. The van der Waals surface area contributed by atoms with Gasteiger partial charge in [-0.15, -0.1) is 0 Å². The molecule has 0 radical (unpaired) electrons. The number of nitrogens with one attached hydrogen (secondary N) is 2. The highest BCUT2D eigenvalue weighted by Gasteiger charge is 2.17. The van der Waals surface area contributed by atoms with E-state index >= 15 is 0 Å². The summed E-state index contributed by atoms with van der Waals surface area (Å²) in [5, 5.41) is 5.56. The Bertz CT molecular complexity index is 1020. The zero-order chi connectivity index (χ0) is 21.3. The topological polar surface area (TPSA) is 84.5 Å². The molecule has 0 fully saturated rings. The van der Waals surface area contributed by atoms with Crippen molar-refractivity contribution in [1.82, 2.24) is 5.32 Å². The Labute approximate surface area is 174 Å². The van der Waals surface area contributed by atoms with Crippen LogP contribution < -0.4 is 10.6 Å². The van der Waals surface area contributed by atoms with Crippen molar-refractivity contribution >= 4 is 23.5 Å². The lowest BCUT2D eigenvalue weighted by Crippen LogP contribution is -2.28. The Morgan fingerprint density at radius 1 is 0.833 bits per heavy atom. The lowest BCUT2D eigenvalue weighted by Gasteiger charge is -2.16. The zero-order valence-corrected chi connectivity index (χ0v) is 16.5. The molecule has 0 aliphatic carbocycles. The van der Waals surface area contributed by atoms with Crippen LogP contribution in [0.3, 0.4) is 0 Å². The number of benzene rings is 3. The number of anilines is 1. The molecule has 0 saturated carbocycles. The SMILES string of the molecule is C[C@@H](NC(=O)c1ccccc1NC(=O)COC(=O)c1ccccc1)c1ccccc1. The molecule has 0 aliphatic heterocycles. The maximum absolute atomic E-state index is 12.7. The van der Waals surface area contributed by atoms with Gasteiger partial charge < -0.3 is 15.4 Å². The monoisotopic (exact) mass is 402 g/mol. The van der Waals surface area contributed by atoms with Crippen molar-refractivity contribution in [2.24, 2.45) is 0 Å². The van der Waals surface area contributed by atoms with E-state index in [0.29, 0.717) is 16.8 Å². The predicted octanol–water partition coefficient (Wildman–Crippen LogP) is 3.97. The van der Waals surface area contributed by atoms with Crippen LogP contribution in [0.5, 0.6) is 0 Å². The van der Waals surface area contributed by atoms with E-state index in [4.69, 9.17) is 4.74 Å². The first-order valence-corrected chi connectivity index (χ1v) is 9.51. The molecule has 3 aromatic carbocycles. The number of esters is 1. The second-order valence-corrected chi connectivity index (χ2v) is 6.64. The molecule has 2 amide bonds. The average Bonchev–Trinajstić information content (AvgIpc) is 2.79. The van der Waals surface area contributed by atoms with Crippen LogP contribution in [-0.4, -0.2) is 24.4 Å². The van der Waals surface area contributed by atoms with E-state index < -0.39 is 18.5 Å². The lowest BCUT2D eigenvalue weighted by atomic mass is 10.1. The molecule has 0 spiro atoms. The molecule has 6 nitrogen and oxygen atoms in total. The van der Waals surface area contributed by atoms with Gasteiger partial charge in [-0.1, -0.05) is 60.7 Å². The van der Waals surface area contributed by atoms with Crippen LogP contribution in [0, 0.1) is 0 Å². The molecule has 0 bridgehead atoms. The molecule has 6 heteroatoms. The molecule has 2 N–H and O–H groups in total. The van der Waals surface area contributed by atoms with E-state index in [9.17, 15) is 14.4 Å². The Balaban J connectivity index is 1.61. The predicted molar refractivity (Wildman–Crippen MR) is 114 cm³/mol. The van der Waals surface area contributed by atoms with E-state index in [-0.39, 0.29) is 11.9 Å². The first-order chi connectivity index (χ1) is 14.5. The molecular weight excluding hydrogens is 380 g/mol. The maximum atomic E-state index is 12.7. The number of hydrogen-bond donors (Lipinski definition) is 2. The summed E-state index contributed by atoms with van der Waals surface area (Å²) in [6.07, 6.45) is 0. The normalized spacial score (nSPS) is 11.2. The summed E-state index contributed by atoms with van der Waals surface area (Å²) in [5.74, 6) is -1.44. The minimum atomic E-state index is -0.589. The fourth-order valence-corrected chi connectivity index (χ4v) is 2.86. The van der Waals surface area contributed by atoms with Crippen LogP contribution in [0.15, 0.2) is 84.9 Å². The van der Waals surface area contributed by atoms with Crippen LogP contribution >= 0.6 is 0 Å². The molecule has 3 aromatic rings. The van der Waals surface area contributed by atoms with Crippen molar-refractivity contribution in [2.75, 3.05) is 11.9 Å². The van der Waals surface area contributed by atoms with E-state index in [1.54, 1.807) is 54.6 Å². The first-order valence-electron chi connectivity index (χ1n) is 9.51. The van der Waals surface area contributed by atoms with Crippen molar-refractivity contribution in [3.8, 4) is 0 Å². The third kappa shape index (κ3) is 5.54. The number of carbonyl (C=O) groups excluding carboxylic acids is 3.